The molecule has 0 bridgehead atoms. The molecule has 1 aliphatic heterocycles. The standard InChI is InChI=1S/C15H21NO5/c1-4-6-16-12(15(18)19-5-2)10-7-11-14(21-8-20-11)9(3)13(10)17/h7,12,16-17H,4-6,8H2,1-3H3. The summed E-state index contributed by atoms with van der Waals surface area (Å²) < 4.78 is 15.8. The van der Waals surface area contributed by atoms with E-state index in [9.17, 15) is 9.90 Å². The van der Waals surface area contributed by atoms with Gasteiger partial charge in [0.2, 0.25) is 6.79 Å². The van der Waals surface area contributed by atoms with Crippen molar-refractivity contribution in [2.45, 2.75) is 33.2 Å². The molecule has 1 aliphatic rings. The molecular formula is C15H21NO5. The zero-order valence-corrected chi connectivity index (χ0v) is 12.6. The van der Waals surface area contributed by atoms with Crippen LogP contribution in [0.3, 0.4) is 0 Å². The predicted octanol–water partition coefficient (Wildman–Crippen LogP) is 2.03. The third-order valence-electron chi connectivity index (χ3n) is 3.33. The number of phenolic OH excluding ortho intramolecular Hbond substituents is 1. The minimum absolute atomic E-state index is 0.0286. The van der Waals surface area contributed by atoms with E-state index in [0.29, 0.717) is 29.2 Å². The van der Waals surface area contributed by atoms with E-state index < -0.39 is 12.0 Å². The number of carbonyl (C=O) groups excluding carboxylic acids is 1. The van der Waals surface area contributed by atoms with Crippen molar-refractivity contribution < 1.29 is 24.1 Å². The van der Waals surface area contributed by atoms with Gasteiger partial charge in [-0.25, -0.2) is 4.79 Å². The summed E-state index contributed by atoms with van der Waals surface area (Å²) in [7, 11) is 0. The molecule has 1 heterocycles. The van der Waals surface area contributed by atoms with Crippen molar-refractivity contribution in [1.82, 2.24) is 5.32 Å². The normalized spacial score (nSPS) is 14.0. The van der Waals surface area contributed by atoms with E-state index in [0.717, 1.165) is 6.42 Å². The maximum absolute atomic E-state index is 12.1. The first-order chi connectivity index (χ1) is 10.1. The van der Waals surface area contributed by atoms with Crippen LogP contribution in [0.1, 0.15) is 37.4 Å². The van der Waals surface area contributed by atoms with Crippen molar-refractivity contribution in [1.29, 1.82) is 0 Å². The average Bonchev–Trinajstić information content (AvgIpc) is 2.93. The van der Waals surface area contributed by atoms with Crippen molar-refractivity contribution >= 4 is 5.97 Å². The average molecular weight is 295 g/mol. The molecule has 2 rings (SSSR count). The van der Waals surface area contributed by atoms with Gasteiger partial charge in [-0.2, -0.15) is 0 Å². The van der Waals surface area contributed by atoms with Crippen LogP contribution >= 0.6 is 0 Å². The van der Waals surface area contributed by atoms with Crippen LogP contribution in [-0.4, -0.2) is 31.0 Å². The first kappa shape index (κ1) is 15.4. The Balaban J connectivity index is 2.39. The molecule has 0 aliphatic carbocycles. The van der Waals surface area contributed by atoms with Gasteiger partial charge in [-0.05, 0) is 32.9 Å². The molecule has 1 unspecified atom stereocenters. The number of carbonyl (C=O) groups is 1. The van der Waals surface area contributed by atoms with Gasteiger partial charge in [-0.3, -0.25) is 0 Å². The van der Waals surface area contributed by atoms with Crippen LogP contribution in [0.4, 0.5) is 0 Å². The van der Waals surface area contributed by atoms with Gasteiger partial charge in [-0.1, -0.05) is 6.92 Å². The van der Waals surface area contributed by atoms with E-state index in [1.807, 2.05) is 6.92 Å². The monoisotopic (exact) mass is 295 g/mol. The van der Waals surface area contributed by atoms with Crippen LogP contribution in [0.25, 0.3) is 0 Å². The summed E-state index contributed by atoms with van der Waals surface area (Å²) in [5, 5.41) is 13.5. The number of nitrogens with one attached hydrogen (secondary N) is 1. The number of hydrogen-bond acceptors (Lipinski definition) is 6. The third-order valence-corrected chi connectivity index (χ3v) is 3.33. The summed E-state index contributed by atoms with van der Waals surface area (Å²) in [5.41, 5.74) is 1.01. The number of phenols is 1. The SMILES string of the molecule is CCCNC(C(=O)OCC)c1cc2c(c(C)c1O)OCO2. The Morgan fingerprint density at radius 2 is 2.24 bits per heavy atom. The highest BCUT2D eigenvalue weighted by molar-refractivity contribution is 5.80. The largest absolute Gasteiger partial charge is 0.507 e. The molecule has 2 N–H and O–H groups in total. The van der Waals surface area contributed by atoms with Crippen LogP contribution < -0.4 is 14.8 Å². The van der Waals surface area contributed by atoms with Crippen LogP contribution in [-0.2, 0) is 9.53 Å². The number of aromatic hydroxyl groups is 1. The van der Waals surface area contributed by atoms with Gasteiger partial charge in [0, 0.05) is 11.1 Å². The van der Waals surface area contributed by atoms with Crippen molar-refractivity contribution in [3.8, 4) is 17.2 Å². The van der Waals surface area contributed by atoms with Crippen LogP contribution in [0.15, 0.2) is 6.07 Å². The topological polar surface area (TPSA) is 77.0 Å². The molecule has 6 nitrogen and oxygen atoms in total. The quantitative estimate of drug-likeness (QED) is 0.782. The fraction of sp³-hybridized carbons (Fsp3) is 0.533. The summed E-state index contributed by atoms with van der Waals surface area (Å²) in [4.78, 5) is 12.1. The fourth-order valence-corrected chi connectivity index (χ4v) is 2.28. The molecular weight excluding hydrogens is 274 g/mol. The molecule has 0 amide bonds. The van der Waals surface area contributed by atoms with E-state index in [-0.39, 0.29) is 19.1 Å². The zero-order valence-electron chi connectivity index (χ0n) is 12.6. The maximum atomic E-state index is 12.1. The molecule has 21 heavy (non-hydrogen) atoms. The molecule has 1 aromatic carbocycles. The lowest BCUT2D eigenvalue weighted by Crippen LogP contribution is -2.31. The first-order valence-electron chi connectivity index (χ1n) is 7.12. The third kappa shape index (κ3) is 3.05. The Bertz CT molecular complexity index is 529. The zero-order chi connectivity index (χ0) is 15.4. The summed E-state index contributed by atoms with van der Waals surface area (Å²) in [6, 6.07) is 0.910. The van der Waals surface area contributed by atoms with Crippen molar-refractivity contribution in [2.24, 2.45) is 0 Å². The van der Waals surface area contributed by atoms with Gasteiger partial charge in [0.05, 0.1) is 6.61 Å². The Morgan fingerprint density at radius 3 is 2.90 bits per heavy atom. The summed E-state index contributed by atoms with van der Waals surface area (Å²) in [6.07, 6.45) is 0.861. The molecule has 0 saturated carbocycles. The van der Waals surface area contributed by atoms with E-state index in [1.54, 1.807) is 19.9 Å². The lowest BCUT2D eigenvalue weighted by atomic mass is 10.0. The molecule has 1 aromatic rings. The second-order valence-corrected chi connectivity index (χ2v) is 4.81. The fourth-order valence-electron chi connectivity index (χ4n) is 2.28. The molecule has 116 valence electrons. The molecule has 1 atom stereocenters. The van der Waals surface area contributed by atoms with Crippen molar-refractivity contribution in [3.05, 3.63) is 17.2 Å². The molecule has 0 spiro atoms. The van der Waals surface area contributed by atoms with Gasteiger partial charge in [0.1, 0.15) is 11.8 Å². The Hall–Kier alpha value is -1.95. The number of fused-ring (bicyclic) bond motifs is 1. The highest BCUT2D eigenvalue weighted by Gasteiger charge is 2.29. The molecule has 0 radical (unpaired) electrons. The molecule has 0 aromatic heterocycles. The molecule has 6 heteroatoms. The number of benzene rings is 1. The first-order valence-corrected chi connectivity index (χ1v) is 7.12. The van der Waals surface area contributed by atoms with Gasteiger partial charge in [0.25, 0.3) is 0 Å². The highest BCUT2D eigenvalue weighted by atomic mass is 16.7. The van der Waals surface area contributed by atoms with Gasteiger partial charge < -0.3 is 24.6 Å². The summed E-state index contributed by atoms with van der Waals surface area (Å²) >= 11 is 0. The second-order valence-electron chi connectivity index (χ2n) is 4.81. The van der Waals surface area contributed by atoms with Crippen molar-refractivity contribution in [3.63, 3.8) is 0 Å². The van der Waals surface area contributed by atoms with Gasteiger partial charge in [-0.15, -0.1) is 0 Å². The van der Waals surface area contributed by atoms with E-state index in [4.69, 9.17) is 14.2 Å². The summed E-state index contributed by atoms with van der Waals surface area (Å²) in [6.45, 7) is 6.52. The predicted molar refractivity (Wildman–Crippen MR) is 76.6 cm³/mol. The van der Waals surface area contributed by atoms with E-state index in [1.165, 1.54) is 0 Å². The number of hydrogen-bond donors (Lipinski definition) is 2. The number of rotatable bonds is 6. The van der Waals surface area contributed by atoms with Gasteiger partial charge in [0.15, 0.2) is 11.5 Å². The Morgan fingerprint density at radius 1 is 1.48 bits per heavy atom. The second kappa shape index (κ2) is 6.67. The minimum atomic E-state index is -0.724. The van der Waals surface area contributed by atoms with Gasteiger partial charge >= 0.3 is 5.97 Å². The minimum Gasteiger partial charge on any atom is -0.507 e. The van der Waals surface area contributed by atoms with Crippen molar-refractivity contribution in [2.75, 3.05) is 19.9 Å². The van der Waals surface area contributed by atoms with Crippen LogP contribution in [0, 0.1) is 6.92 Å². The van der Waals surface area contributed by atoms with Crippen LogP contribution in [0.5, 0.6) is 17.2 Å². The Kier molecular flexibility index (Phi) is 4.90. The Labute approximate surface area is 124 Å². The lowest BCUT2D eigenvalue weighted by molar-refractivity contribution is -0.145. The number of ether oxygens (including phenoxy) is 3. The highest BCUT2D eigenvalue weighted by Crippen LogP contribution is 2.44. The maximum Gasteiger partial charge on any atom is 0.327 e. The smallest absolute Gasteiger partial charge is 0.327 e. The molecule has 0 saturated heterocycles. The molecule has 0 fully saturated rings. The van der Waals surface area contributed by atoms with Crippen LogP contribution in [0.2, 0.25) is 0 Å². The lowest BCUT2D eigenvalue weighted by Gasteiger charge is -2.20. The summed E-state index contributed by atoms with van der Waals surface area (Å²) in [5.74, 6) is 0.669. The van der Waals surface area contributed by atoms with E-state index >= 15 is 0 Å². The number of esters is 1. The van der Waals surface area contributed by atoms with E-state index in [2.05, 4.69) is 5.32 Å².